The van der Waals surface area contributed by atoms with Crippen LogP contribution in [0.5, 0.6) is 0 Å². The Bertz CT molecular complexity index is 2120. The largest absolute Gasteiger partial charge is 0.309 e. The number of nitrogens with zero attached hydrogens (tertiary/aromatic N) is 3. The Morgan fingerprint density at radius 1 is 0.452 bits per heavy atom. The minimum atomic E-state index is 0.949. The number of rotatable bonds is 2. The van der Waals surface area contributed by atoms with E-state index in [4.69, 9.17) is 4.98 Å². The number of benzene rings is 5. The Kier molecular flexibility index (Phi) is 7.57. The lowest BCUT2D eigenvalue weighted by molar-refractivity contribution is 1.05. The molecule has 0 spiro atoms. The van der Waals surface area contributed by atoms with Crippen molar-refractivity contribution in [2.45, 2.75) is 27.7 Å². The molecule has 42 heavy (non-hydrogen) atoms. The summed E-state index contributed by atoms with van der Waals surface area (Å²) >= 11 is 0. The van der Waals surface area contributed by atoms with E-state index in [1.165, 1.54) is 54.9 Å². The first-order valence-corrected chi connectivity index (χ1v) is 14.7. The Balaban J connectivity index is 0.000000306. The maximum atomic E-state index is 4.92. The van der Waals surface area contributed by atoms with Gasteiger partial charge in [0.1, 0.15) is 5.82 Å². The maximum absolute atomic E-state index is 4.92. The molecule has 0 amide bonds. The predicted octanol–water partition coefficient (Wildman–Crippen LogP) is 10.6. The summed E-state index contributed by atoms with van der Waals surface area (Å²) in [6, 6.07) is 49.0. The number of para-hydroxylation sites is 3. The Hall–Kier alpha value is -5.15. The van der Waals surface area contributed by atoms with E-state index in [9.17, 15) is 0 Å². The molecule has 0 fully saturated rings. The molecular weight excluding hydrogens is 510 g/mol. The van der Waals surface area contributed by atoms with E-state index in [1.807, 2.05) is 45.0 Å². The maximum Gasteiger partial charge on any atom is 0.137 e. The van der Waals surface area contributed by atoms with Gasteiger partial charge in [-0.25, -0.2) is 4.98 Å². The molecule has 0 aliphatic rings. The van der Waals surface area contributed by atoms with Gasteiger partial charge < -0.3 is 4.57 Å². The van der Waals surface area contributed by atoms with Gasteiger partial charge in [-0.1, -0.05) is 116 Å². The zero-order chi connectivity index (χ0) is 29.1. The molecule has 3 nitrogen and oxygen atoms in total. The highest BCUT2D eigenvalue weighted by Gasteiger charge is 2.20. The highest BCUT2D eigenvalue weighted by Crippen LogP contribution is 2.41. The Labute approximate surface area is 247 Å². The average molecular weight is 546 g/mol. The monoisotopic (exact) mass is 545 g/mol. The van der Waals surface area contributed by atoms with Gasteiger partial charge in [-0.05, 0) is 56.3 Å². The van der Waals surface area contributed by atoms with Crippen molar-refractivity contribution in [1.29, 1.82) is 0 Å². The molecule has 0 aliphatic heterocycles. The second-order valence-electron chi connectivity index (χ2n) is 10.2. The highest BCUT2D eigenvalue weighted by molar-refractivity contribution is 6.26. The van der Waals surface area contributed by atoms with Crippen LogP contribution in [-0.2, 0) is 0 Å². The van der Waals surface area contributed by atoms with Crippen LogP contribution in [0.4, 0.5) is 0 Å². The van der Waals surface area contributed by atoms with E-state index in [-0.39, 0.29) is 0 Å². The first kappa shape index (κ1) is 27.0. The molecule has 0 radical (unpaired) electrons. The van der Waals surface area contributed by atoms with Crippen LogP contribution in [0.25, 0.3) is 55.1 Å². The van der Waals surface area contributed by atoms with Crippen molar-refractivity contribution in [2.75, 3.05) is 0 Å². The Morgan fingerprint density at radius 2 is 1.05 bits per heavy atom. The summed E-state index contributed by atoms with van der Waals surface area (Å²) in [5, 5.41) is 5.00. The van der Waals surface area contributed by atoms with Crippen molar-refractivity contribution in [1.82, 2.24) is 14.1 Å². The molecule has 3 heteroatoms. The van der Waals surface area contributed by atoms with Crippen molar-refractivity contribution >= 4 is 43.6 Å². The van der Waals surface area contributed by atoms with E-state index in [0.717, 1.165) is 11.5 Å². The van der Waals surface area contributed by atoms with Crippen LogP contribution in [0.3, 0.4) is 0 Å². The molecule has 0 saturated carbocycles. The van der Waals surface area contributed by atoms with Gasteiger partial charge in [0, 0.05) is 32.9 Å². The molecule has 0 atom stereocenters. The SMILES string of the molecule is CC.Cc1cccc(-n2c3ccccc3c3ccc4c(c5ccccc5n4-c4ccccc4)c32)n1.Cc1ccccc1. The number of aryl methyl sites for hydroxylation is 2. The molecule has 3 heterocycles. The summed E-state index contributed by atoms with van der Waals surface area (Å²) < 4.78 is 4.71. The molecule has 206 valence electrons. The zero-order valence-electron chi connectivity index (χ0n) is 24.6. The first-order valence-electron chi connectivity index (χ1n) is 14.7. The topological polar surface area (TPSA) is 22.8 Å². The normalized spacial score (nSPS) is 10.9. The van der Waals surface area contributed by atoms with Gasteiger partial charge in [0.2, 0.25) is 0 Å². The van der Waals surface area contributed by atoms with Crippen molar-refractivity contribution < 1.29 is 0 Å². The summed E-state index contributed by atoms with van der Waals surface area (Å²) in [7, 11) is 0. The molecule has 5 aromatic carbocycles. The summed E-state index contributed by atoms with van der Waals surface area (Å²) in [5.41, 5.74) is 8.29. The van der Waals surface area contributed by atoms with Gasteiger partial charge in [0.15, 0.2) is 0 Å². The van der Waals surface area contributed by atoms with Gasteiger partial charge in [0.05, 0.1) is 22.1 Å². The molecule has 0 aliphatic carbocycles. The highest BCUT2D eigenvalue weighted by atomic mass is 15.1. The lowest BCUT2D eigenvalue weighted by Gasteiger charge is -2.09. The minimum Gasteiger partial charge on any atom is -0.309 e. The lowest BCUT2D eigenvalue weighted by atomic mass is 10.1. The number of pyridine rings is 1. The summed E-state index contributed by atoms with van der Waals surface area (Å²) in [6.45, 7) is 8.13. The van der Waals surface area contributed by atoms with Gasteiger partial charge in [-0.15, -0.1) is 0 Å². The predicted molar refractivity (Wildman–Crippen MR) is 180 cm³/mol. The Morgan fingerprint density at radius 3 is 1.69 bits per heavy atom. The van der Waals surface area contributed by atoms with Gasteiger partial charge in [0.25, 0.3) is 0 Å². The van der Waals surface area contributed by atoms with Crippen LogP contribution in [0.1, 0.15) is 25.1 Å². The molecule has 3 aromatic heterocycles. The van der Waals surface area contributed by atoms with Crippen molar-refractivity contribution in [3.63, 3.8) is 0 Å². The third-order valence-electron chi connectivity index (χ3n) is 7.53. The molecule has 8 rings (SSSR count). The van der Waals surface area contributed by atoms with Gasteiger partial charge in [-0.3, -0.25) is 4.57 Å². The molecule has 0 N–H and O–H groups in total. The van der Waals surface area contributed by atoms with E-state index >= 15 is 0 Å². The average Bonchev–Trinajstić information content (AvgIpc) is 3.56. The number of hydrogen-bond donors (Lipinski definition) is 0. The van der Waals surface area contributed by atoms with E-state index in [1.54, 1.807) is 0 Å². The smallest absolute Gasteiger partial charge is 0.137 e. The van der Waals surface area contributed by atoms with Crippen LogP contribution in [0.15, 0.2) is 140 Å². The van der Waals surface area contributed by atoms with E-state index in [0.29, 0.717) is 0 Å². The first-order chi connectivity index (χ1) is 20.7. The molecule has 0 unspecified atom stereocenters. The van der Waals surface area contributed by atoms with Crippen LogP contribution in [0, 0.1) is 13.8 Å². The van der Waals surface area contributed by atoms with Crippen molar-refractivity contribution in [3.8, 4) is 11.5 Å². The van der Waals surface area contributed by atoms with Crippen LogP contribution in [-0.4, -0.2) is 14.1 Å². The third-order valence-corrected chi connectivity index (χ3v) is 7.53. The van der Waals surface area contributed by atoms with Crippen LogP contribution >= 0.6 is 0 Å². The molecular formula is C39H35N3. The van der Waals surface area contributed by atoms with E-state index in [2.05, 4.69) is 131 Å². The standard InChI is InChI=1S/C30H21N3.C7H8.C2H6/c1-20-10-9-17-28(31-20)33-25-15-7-5-13-22(25)23-18-19-27-29(30(23)33)24-14-6-8-16-26(24)32(27)21-11-3-2-4-12-21;1-7-5-3-2-4-6-7;1-2/h2-19H,1H3;2-6H,1H3;1-2H3. The summed E-state index contributed by atoms with van der Waals surface area (Å²) in [4.78, 5) is 4.92. The van der Waals surface area contributed by atoms with Crippen LogP contribution < -0.4 is 0 Å². The number of hydrogen-bond acceptors (Lipinski definition) is 1. The summed E-state index contributed by atoms with van der Waals surface area (Å²) in [5.74, 6) is 0.949. The molecule has 8 aromatic rings. The number of fused-ring (bicyclic) bond motifs is 7. The fraction of sp³-hybridized carbons (Fsp3) is 0.103. The quantitative estimate of drug-likeness (QED) is 0.212. The second kappa shape index (κ2) is 11.8. The minimum absolute atomic E-state index is 0.949. The fourth-order valence-electron chi connectivity index (χ4n) is 5.79. The van der Waals surface area contributed by atoms with Gasteiger partial charge >= 0.3 is 0 Å². The third kappa shape index (κ3) is 4.73. The fourth-order valence-corrected chi connectivity index (χ4v) is 5.79. The van der Waals surface area contributed by atoms with Crippen molar-refractivity contribution in [3.05, 3.63) is 151 Å². The van der Waals surface area contributed by atoms with Crippen LogP contribution in [0.2, 0.25) is 0 Å². The van der Waals surface area contributed by atoms with E-state index < -0.39 is 0 Å². The van der Waals surface area contributed by atoms with Crippen molar-refractivity contribution in [2.24, 2.45) is 0 Å². The zero-order valence-corrected chi connectivity index (χ0v) is 24.6. The molecule has 0 bridgehead atoms. The van der Waals surface area contributed by atoms with Gasteiger partial charge in [-0.2, -0.15) is 0 Å². The second-order valence-corrected chi connectivity index (χ2v) is 10.2. The lowest BCUT2D eigenvalue weighted by Crippen LogP contribution is -1.98. The molecule has 0 saturated heterocycles. The summed E-state index contributed by atoms with van der Waals surface area (Å²) in [6.07, 6.45) is 0. The number of aromatic nitrogens is 3.